The first-order valence-corrected chi connectivity index (χ1v) is 6.06. The normalized spacial score (nSPS) is 29.5. The van der Waals surface area contributed by atoms with Crippen molar-refractivity contribution in [2.75, 3.05) is 0 Å². The van der Waals surface area contributed by atoms with Crippen molar-refractivity contribution in [2.45, 2.75) is 70.2 Å². The molecule has 4 nitrogen and oxygen atoms in total. The molecule has 0 heterocycles. The van der Waals surface area contributed by atoms with Gasteiger partial charge in [0, 0.05) is 12.1 Å². The molecule has 0 unspecified atom stereocenters. The molecule has 0 aromatic rings. The highest BCUT2D eigenvalue weighted by Crippen LogP contribution is 2.36. The second-order valence-electron chi connectivity index (χ2n) is 5.90. The van der Waals surface area contributed by atoms with Crippen LogP contribution in [0.5, 0.6) is 0 Å². The van der Waals surface area contributed by atoms with Crippen LogP contribution in [0.4, 0.5) is 4.79 Å². The van der Waals surface area contributed by atoms with Gasteiger partial charge in [0.05, 0.1) is 6.10 Å². The van der Waals surface area contributed by atoms with Gasteiger partial charge in [-0.05, 0) is 46.5 Å². The molecule has 2 aliphatic carbocycles. The van der Waals surface area contributed by atoms with Gasteiger partial charge in [-0.3, -0.25) is 0 Å². The quantitative estimate of drug-likeness (QED) is 0.784. The number of carbonyl (C=O) groups is 1. The summed E-state index contributed by atoms with van der Waals surface area (Å²) in [5.41, 5.74) is -0.438. The van der Waals surface area contributed by atoms with Gasteiger partial charge in [-0.2, -0.15) is 0 Å². The van der Waals surface area contributed by atoms with E-state index in [1.165, 1.54) is 0 Å². The van der Waals surface area contributed by atoms with Gasteiger partial charge < -0.3 is 14.7 Å². The Balaban J connectivity index is 1.94. The monoisotopic (exact) mass is 227 g/mol. The number of amides is 1. The fraction of sp³-hybridized carbons (Fsp3) is 0.917. The Morgan fingerprint density at radius 2 is 1.81 bits per heavy atom. The number of nitrogens with zero attached hydrogens (tertiary/aromatic N) is 1. The van der Waals surface area contributed by atoms with Gasteiger partial charge in [0.2, 0.25) is 0 Å². The smallest absolute Gasteiger partial charge is 0.410 e. The molecular formula is C12H21NO3. The standard InChI is InChI=1S/C12H21NO3/c1-12(2,3)16-11(15)13(8-4-5-8)9-6-10(14)7-9/h8-10,14H,4-7H2,1-3H3. The van der Waals surface area contributed by atoms with E-state index < -0.39 is 5.60 Å². The van der Waals surface area contributed by atoms with Crippen LogP contribution in [0.3, 0.4) is 0 Å². The Morgan fingerprint density at radius 1 is 1.25 bits per heavy atom. The zero-order valence-corrected chi connectivity index (χ0v) is 10.3. The van der Waals surface area contributed by atoms with E-state index in [0.29, 0.717) is 18.9 Å². The molecule has 1 N–H and O–H groups in total. The van der Waals surface area contributed by atoms with Gasteiger partial charge in [-0.1, -0.05) is 0 Å². The van der Waals surface area contributed by atoms with E-state index in [4.69, 9.17) is 4.74 Å². The molecule has 2 aliphatic rings. The Labute approximate surface area is 96.6 Å². The number of rotatable bonds is 2. The Kier molecular flexibility index (Phi) is 2.86. The molecule has 0 aliphatic heterocycles. The van der Waals surface area contributed by atoms with E-state index in [2.05, 4.69) is 0 Å². The highest BCUT2D eigenvalue weighted by Gasteiger charge is 2.44. The first-order chi connectivity index (χ1) is 7.37. The first kappa shape index (κ1) is 11.7. The Morgan fingerprint density at radius 3 is 2.19 bits per heavy atom. The number of aliphatic hydroxyl groups is 1. The lowest BCUT2D eigenvalue weighted by Gasteiger charge is -2.41. The van der Waals surface area contributed by atoms with Crippen LogP contribution in [-0.2, 0) is 4.74 Å². The average Bonchev–Trinajstić information content (AvgIpc) is 2.81. The maximum Gasteiger partial charge on any atom is 0.410 e. The molecule has 2 saturated carbocycles. The maximum absolute atomic E-state index is 12.0. The van der Waals surface area contributed by atoms with Crippen LogP contribution in [0, 0.1) is 0 Å². The van der Waals surface area contributed by atoms with Gasteiger partial charge in [0.1, 0.15) is 5.60 Å². The molecule has 0 spiro atoms. The predicted molar refractivity (Wildman–Crippen MR) is 60.1 cm³/mol. The maximum atomic E-state index is 12.0. The van der Waals surface area contributed by atoms with E-state index in [9.17, 15) is 9.90 Å². The predicted octanol–water partition coefficient (Wildman–Crippen LogP) is 1.91. The van der Waals surface area contributed by atoms with E-state index >= 15 is 0 Å². The van der Waals surface area contributed by atoms with Crippen molar-refractivity contribution in [1.29, 1.82) is 0 Å². The number of hydrogen-bond acceptors (Lipinski definition) is 3. The third-order valence-electron chi connectivity index (χ3n) is 3.03. The number of carbonyl (C=O) groups excluding carboxylic acids is 1. The molecule has 0 aromatic carbocycles. The average molecular weight is 227 g/mol. The lowest BCUT2D eigenvalue weighted by atomic mass is 9.88. The molecule has 0 bridgehead atoms. The van der Waals surface area contributed by atoms with Crippen LogP contribution in [0.2, 0.25) is 0 Å². The summed E-state index contributed by atoms with van der Waals surface area (Å²) in [4.78, 5) is 13.8. The fourth-order valence-electron chi connectivity index (χ4n) is 2.05. The molecule has 2 fully saturated rings. The van der Waals surface area contributed by atoms with Crippen LogP contribution >= 0.6 is 0 Å². The van der Waals surface area contributed by atoms with Gasteiger partial charge in [-0.25, -0.2) is 4.79 Å². The van der Waals surface area contributed by atoms with Crippen LogP contribution in [0.25, 0.3) is 0 Å². The molecule has 16 heavy (non-hydrogen) atoms. The summed E-state index contributed by atoms with van der Waals surface area (Å²) in [5, 5.41) is 9.30. The summed E-state index contributed by atoms with van der Waals surface area (Å²) >= 11 is 0. The molecule has 2 rings (SSSR count). The van der Waals surface area contributed by atoms with Crippen molar-refractivity contribution < 1.29 is 14.6 Å². The first-order valence-electron chi connectivity index (χ1n) is 6.06. The minimum Gasteiger partial charge on any atom is -0.444 e. The topological polar surface area (TPSA) is 49.8 Å². The van der Waals surface area contributed by atoms with Crippen molar-refractivity contribution >= 4 is 6.09 Å². The molecule has 0 radical (unpaired) electrons. The van der Waals surface area contributed by atoms with Crippen molar-refractivity contribution in [3.8, 4) is 0 Å². The largest absolute Gasteiger partial charge is 0.444 e. The third kappa shape index (κ3) is 2.67. The minimum absolute atomic E-state index is 0.192. The lowest BCUT2D eigenvalue weighted by Crippen LogP contribution is -2.52. The fourth-order valence-corrected chi connectivity index (χ4v) is 2.05. The summed E-state index contributed by atoms with van der Waals surface area (Å²) in [6.07, 6.45) is 3.11. The minimum atomic E-state index is -0.438. The summed E-state index contributed by atoms with van der Waals surface area (Å²) in [6.45, 7) is 5.64. The number of ether oxygens (including phenoxy) is 1. The van der Waals surface area contributed by atoms with E-state index in [-0.39, 0.29) is 18.2 Å². The number of aliphatic hydroxyl groups excluding tert-OH is 1. The SMILES string of the molecule is CC(C)(C)OC(=O)N(C1CC1)C1CC(O)C1. The summed E-state index contributed by atoms with van der Waals surface area (Å²) in [6, 6.07) is 0.546. The third-order valence-corrected chi connectivity index (χ3v) is 3.03. The molecule has 92 valence electrons. The highest BCUT2D eigenvalue weighted by atomic mass is 16.6. The van der Waals surface area contributed by atoms with Crippen LogP contribution in [0.1, 0.15) is 46.5 Å². The summed E-state index contributed by atoms with van der Waals surface area (Å²) in [5.74, 6) is 0. The van der Waals surface area contributed by atoms with Gasteiger partial charge in [0.15, 0.2) is 0 Å². The van der Waals surface area contributed by atoms with Crippen molar-refractivity contribution in [3.05, 3.63) is 0 Å². The van der Waals surface area contributed by atoms with Gasteiger partial charge >= 0.3 is 6.09 Å². The van der Waals surface area contributed by atoms with Crippen LogP contribution in [0.15, 0.2) is 0 Å². The zero-order chi connectivity index (χ0) is 11.9. The molecular weight excluding hydrogens is 206 g/mol. The van der Waals surface area contributed by atoms with Crippen LogP contribution < -0.4 is 0 Å². The second kappa shape index (κ2) is 3.91. The summed E-state index contributed by atoms with van der Waals surface area (Å²) < 4.78 is 5.40. The number of hydrogen-bond donors (Lipinski definition) is 1. The Bertz CT molecular complexity index is 274. The molecule has 0 atom stereocenters. The van der Waals surface area contributed by atoms with Gasteiger partial charge in [-0.15, -0.1) is 0 Å². The van der Waals surface area contributed by atoms with Gasteiger partial charge in [0.25, 0.3) is 0 Å². The second-order valence-corrected chi connectivity index (χ2v) is 5.90. The zero-order valence-electron chi connectivity index (χ0n) is 10.3. The summed E-state index contributed by atoms with van der Waals surface area (Å²) in [7, 11) is 0. The highest BCUT2D eigenvalue weighted by molar-refractivity contribution is 5.69. The van der Waals surface area contributed by atoms with Crippen molar-refractivity contribution in [2.24, 2.45) is 0 Å². The Hall–Kier alpha value is -0.770. The molecule has 0 saturated heterocycles. The van der Waals surface area contributed by atoms with Crippen LogP contribution in [-0.4, -0.2) is 39.9 Å². The van der Waals surface area contributed by atoms with E-state index in [1.807, 2.05) is 25.7 Å². The lowest BCUT2D eigenvalue weighted by molar-refractivity contribution is -0.0268. The van der Waals surface area contributed by atoms with Crippen molar-refractivity contribution in [1.82, 2.24) is 4.90 Å². The van der Waals surface area contributed by atoms with E-state index in [0.717, 1.165) is 12.8 Å². The van der Waals surface area contributed by atoms with E-state index in [1.54, 1.807) is 0 Å². The molecule has 0 aromatic heterocycles. The molecule has 1 amide bonds. The van der Waals surface area contributed by atoms with Crippen molar-refractivity contribution in [3.63, 3.8) is 0 Å². The molecule has 4 heteroatoms.